The highest BCUT2D eigenvalue weighted by Crippen LogP contribution is 2.30. The maximum atomic E-state index is 12.7. The van der Waals surface area contributed by atoms with Crippen molar-refractivity contribution in [1.82, 2.24) is 14.7 Å². The van der Waals surface area contributed by atoms with Crippen LogP contribution in [-0.2, 0) is 4.74 Å². The topological polar surface area (TPSA) is 67.6 Å². The van der Waals surface area contributed by atoms with Gasteiger partial charge in [0.25, 0.3) is 5.91 Å². The second-order valence-electron chi connectivity index (χ2n) is 7.02. The number of aromatic nitrogens is 2. The highest BCUT2D eigenvalue weighted by molar-refractivity contribution is 5.95. The van der Waals surface area contributed by atoms with E-state index in [1.807, 2.05) is 11.6 Å². The van der Waals surface area contributed by atoms with E-state index in [1.54, 1.807) is 18.1 Å². The molecule has 1 aromatic rings. The van der Waals surface area contributed by atoms with E-state index in [4.69, 9.17) is 4.74 Å². The molecule has 6 nitrogen and oxygen atoms in total. The molecule has 1 saturated carbocycles. The molecule has 1 aromatic heterocycles. The predicted octanol–water partition coefficient (Wildman–Crippen LogP) is 1.92. The van der Waals surface area contributed by atoms with E-state index >= 15 is 0 Å². The molecule has 3 rings (SSSR count). The molecule has 6 heteroatoms. The lowest BCUT2D eigenvalue weighted by molar-refractivity contribution is 0.0156. The van der Waals surface area contributed by atoms with E-state index in [-0.39, 0.29) is 5.91 Å². The molecule has 1 amide bonds. The van der Waals surface area contributed by atoms with Crippen LogP contribution in [0, 0.1) is 6.92 Å². The van der Waals surface area contributed by atoms with Gasteiger partial charge in [0.1, 0.15) is 0 Å². The van der Waals surface area contributed by atoms with Crippen LogP contribution in [0.25, 0.3) is 0 Å². The fraction of sp³-hybridized carbons (Fsp3) is 0.765. The van der Waals surface area contributed by atoms with Gasteiger partial charge in [0.05, 0.1) is 23.4 Å². The molecule has 0 spiro atoms. The summed E-state index contributed by atoms with van der Waals surface area (Å²) < 4.78 is 7.36. The fourth-order valence-corrected chi connectivity index (χ4v) is 3.84. The van der Waals surface area contributed by atoms with Crippen molar-refractivity contribution >= 4 is 5.91 Å². The van der Waals surface area contributed by atoms with Crippen molar-refractivity contribution in [2.45, 2.75) is 57.1 Å². The van der Waals surface area contributed by atoms with Gasteiger partial charge in [-0.2, -0.15) is 5.10 Å². The fourth-order valence-electron chi connectivity index (χ4n) is 3.84. The molecule has 1 aliphatic heterocycles. The Morgan fingerprint density at radius 1 is 1.43 bits per heavy atom. The maximum absolute atomic E-state index is 12.7. The van der Waals surface area contributed by atoms with Crippen LogP contribution in [0.5, 0.6) is 0 Å². The van der Waals surface area contributed by atoms with Crippen molar-refractivity contribution in [3.05, 3.63) is 17.5 Å². The normalized spacial score (nSPS) is 21.5. The lowest BCUT2D eigenvalue weighted by Gasteiger charge is -2.28. The van der Waals surface area contributed by atoms with Crippen LogP contribution >= 0.6 is 0 Å². The molecular weight excluding hydrogens is 294 g/mol. The number of aliphatic hydroxyl groups is 1. The smallest absolute Gasteiger partial charge is 0.257 e. The van der Waals surface area contributed by atoms with E-state index < -0.39 is 5.60 Å². The Balaban J connectivity index is 1.70. The molecule has 2 fully saturated rings. The van der Waals surface area contributed by atoms with Crippen LogP contribution in [0.4, 0.5) is 0 Å². The zero-order valence-electron chi connectivity index (χ0n) is 14.1. The summed E-state index contributed by atoms with van der Waals surface area (Å²) in [6, 6.07) is 0.314. The van der Waals surface area contributed by atoms with Gasteiger partial charge in [0, 0.05) is 32.5 Å². The van der Waals surface area contributed by atoms with Crippen molar-refractivity contribution in [2.24, 2.45) is 0 Å². The lowest BCUT2D eigenvalue weighted by Crippen LogP contribution is -2.42. The van der Waals surface area contributed by atoms with Crippen molar-refractivity contribution in [3.8, 4) is 0 Å². The maximum Gasteiger partial charge on any atom is 0.257 e. The average molecular weight is 321 g/mol. The third-order valence-electron chi connectivity index (χ3n) is 5.22. The van der Waals surface area contributed by atoms with Crippen LogP contribution in [0.1, 0.15) is 60.6 Å². The first kappa shape index (κ1) is 16.5. The number of ether oxygens (including phenoxy) is 1. The number of amides is 1. The molecule has 0 radical (unpaired) electrons. The van der Waals surface area contributed by atoms with E-state index in [1.165, 1.54) is 0 Å². The first-order valence-electron chi connectivity index (χ1n) is 8.60. The molecule has 1 saturated heterocycles. The van der Waals surface area contributed by atoms with Crippen LogP contribution in [0.3, 0.4) is 0 Å². The standard InChI is InChI=1S/C17H27N3O3/c1-13-15(11-18-20(13)14-5-9-23-10-6-14)16(21)19(2)12-17(22)7-3-4-8-17/h11,14,22H,3-10,12H2,1-2H3. The van der Waals surface area contributed by atoms with Gasteiger partial charge in [0.2, 0.25) is 0 Å². The first-order valence-corrected chi connectivity index (χ1v) is 8.60. The zero-order chi connectivity index (χ0) is 16.4. The summed E-state index contributed by atoms with van der Waals surface area (Å²) in [5.74, 6) is -0.0545. The van der Waals surface area contributed by atoms with Crippen molar-refractivity contribution in [2.75, 3.05) is 26.8 Å². The molecule has 2 heterocycles. The van der Waals surface area contributed by atoms with E-state index in [9.17, 15) is 9.90 Å². The summed E-state index contributed by atoms with van der Waals surface area (Å²) in [7, 11) is 1.77. The molecule has 1 aliphatic carbocycles. The molecule has 2 aliphatic rings. The van der Waals surface area contributed by atoms with Crippen LogP contribution in [0.15, 0.2) is 6.20 Å². The average Bonchev–Trinajstić information content (AvgIpc) is 3.13. The summed E-state index contributed by atoms with van der Waals surface area (Å²) in [6.45, 7) is 3.85. The van der Waals surface area contributed by atoms with Crippen molar-refractivity contribution in [1.29, 1.82) is 0 Å². The summed E-state index contributed by atoms with van der Waals surface area (Å²) in [4.78, 5) is 14.4. The Morgan fingerprint density at radius 3 is 2.74 bits per heavy atom. The number of nitrogens with zero attached hydrogens (tertiary/aromatic N) is 3. The second-order valence-corrected chi connectivity index (χ2v) is 7.02. The Hall–Kier alpha value is -1.40. The van der Waals surface area contributed by atoms with Crippen molar-refractivity contribution < 1.29 is 14.6 Å². The van der Waals surface area contributed by atoms with Gasteiger partial charge in [0.15, 0.2) is 0 Å². The highest BCUT2D eigenvalue weighted by Gasteiger charge is 2.34. The summed E-state index contributed by atoms with van der Waals surface area (Å²) in [5, 5.41) is 15.0. The summed E-state index contributed by atoms with van der Waals surface area (Å²) in [5.41, 5.74) is 0.836. The molecule has 0 aromatic carbocycles. The number of likely N-dealkylation sites (N-methyl/N-ethyl adjacent to an activating group) is 1. The van der Waals surface area contributed by atoms with Gasteiger partial charge in [-0.3, -0.25) is 9.48 Å². The minimum atomic E-state index is -0.713. The van der Waals surface area contributed by atoms with Gasteiger partial charge >= 0.3 is 0 Å². The quantitative estimate of drug-likeness (QED) is 0.920. The molecule has 128 valence electrons. The predicted molar refractivity (Wildman–Crippen MR) is 86.4 cm³/mol. The van der Waals surface area contributed by atoms with Crippen LogP contribution < -0.4 is 0 Å². The van der Waals surface area contributed by atoms with E-state index in [0.29, 0.717) is 18.2 Å². The van der Waals surface area contributed by atoms with Gasteiger partial charge in [-0.1, -0.05) is 12.8 Å². The molecule has 1 N–H and O–H groups in total. The summed E-state index contributed by atoms with van der Waals surface area (Å²) in [6.07, 6.45) is 7.19. The van der Waals surface area contributed by atoms with Crippen LogP contribution in [-0.4, -0.2) is 58.1 Å². The SMILES string of the molecule is Cc1c(C(=O)N(C)CC2(O)CCCC2)cnn1C1CCOCC1. The van der Waals surface area contributed by atoms with E-state index in [2.05, 4.69) is 5.10 Å². The summed E-state index contributed by atoms with van der Waals surface area (Å²) >= 11 is 0. The number of hydrogen-bond acceptors (Lipinski definition) is 4. The van der Waals surface area contributed by atoms with Gasteiger partial charge in [-0.05, 0) is 32.6 Å². The minimum Gasteiger partial charge on any atom is -0.388 e. The van der Waals surface area contributed by atoms with Gasteiger partial charge < -0.3 is 14.7 Å². The second kappa shape index (κ2) is 6.61. The largest absolute Gasteiger partial charge is 0.388 e. The van der Waals surface area contributed by atoms with Crippen LogP contribution in [0.2, 0.25) is 0 Å². The molecular formula is C17H27N3O3. The zero-order valence-corrected chi connectivity index (χ0v) is 14.1. The molecule has 0 unspecified atom stereocenters. The number of hydrogen-bond donors (Lipinski definition) is 1. The third kappa shape index (κ3) is 3.43. The lowest BCUT2D eigenvalue weighted by atomic mass is 10.0. The molecule has 23 heavy (non-hydrogen) atoms. The third-order valence-corrected chi connectivity index (χ3v) is 5.22. The van der Waals surface area contributed by atoms with E-state index in [0.717, 1.165) is 57.4 Å². The van der Waals surface area contributed by atoms with Gasteiger partial charge in [-0.25, -0.2) is 0 Å². The highest BCUT2D eigenvalue weighted by atomic mass is 16.5. The number of rotatable bonds is 4. The molecule has 0 bridgehead atoms. The minimum absolute atomic E-state index is 0.0545. The monoisotopic (exact) mass is 321 g/mol. The Labute approximate surface area is 137 Å². The number of carbonyl (C=O) groups excluding carboxylic acids is 1. The Morgan fingerprint density at radius 2 is 2.09 bits per heavy atom. The Bertz CT molecular complexity index is 557. The first-order chi connectivity index (χ1) is 11.0. The van der Waals surface area contributed by atoms with Crippen molar-refractivity contribution in [3.63, 3.8) is 0 Å². The Kier molecular flexibility index (Phi) is 4.73. The number of carbonyl (C=O) groups is 1. The molecule has 0 atom stereocenters. The van der Waals surface area contributed by atoms with Gasteiger partial charge in [-0.15, -0.1) is 0 Å².